The summed E-state index contributed by atoms with van der Waals surface area (Å²) in [7, 11) is 0. The highest BCUT2D eigenvalue weighted by atomic mass is 35.5. The van der Waals surface area contributed by atoms with Crippen molar-refractivity contribution < 1.29 is 26.3 Å². The Bertz CT molecular complexity index is 515. The summed E-state index contributed by atoms with van der Waals surface area (Å²) in [5, 5.41) is 1.63. The first kappa shape index (κ1) is 14.5. The van der Waals surface area contributed by atoms with Gasteiger partial charge in [0.2, 0.25) is 0 Å². The molecule has 0 unspecified atom stereocenters. The lowest BCUT2D eigenvalue weighted by atomic mass is 10.1. The molecule has 0 spiro atoms. The van der Waals surface area contributed by atoms with Crippen LogP contribution >= 0.6 is 11.6 Å². The van der Waals surface area contributed by atoms with E-state index in [4.69, 9.17) is 17.1 Å². The van der Waals surface area contributed by atoms with Gasteiger partial charge in [-0.2, -0.15) is 26.3 Å². The SMILES string of the molecule is [N-]=[N+]=Nc1cc(C(F)(F)F)cc(C(F)(F)F)c1Cl. The highest BCUT2D eigenvalue weighted by Crippen LogP contribution is 2.43. The van der Waals surface area contributed by atoms with Crippen LogP contribution < -0.4 is 0 Å². The quantitative estimate of drug-likeness (QED) is 0.291. The van der Waals surface area contributed by atoms with Gasteiger partial charge in [0.25, 0.3) is 0 Å². The Morgan fingerprint density at radius 1 is 1.06 bits per heavy atom. The smallest absolute Gasteiger partial charge is 0.166 e. The number of halogens is 7. The minimum atomic E-state index is -5.09. The second-order valence-electron chi connectivity index (χ2n) is 3.04. The van der Waals surface area contributed by atoms with Crippen LogP contribution in [-0.4, -0.2) is 0 Å². The zero-order valence-electron chi connectivity index (χ0n) is 8.14. The van der Waals surface area contributed by atoms with Crippen LogP contribution in [0.15, 0.2) is 17.2 Å². The number of azide groups is 1. The van der Waals surface area contributed by atoms with Gasteiger partial charge in [-0.1, -0.05) is 16.7 Å². The summed E-state index contributed by atoms with van der Waals surface area (Å²) in [6.45, 7) is 0. The minimum Gasteiger partial charge on any atom is -0.166 e. The molecular formula is C8H2ClF6N3. The second kappa shape index (κ2) is 4.58. The van der Waals surface area contributed by atoms with E-state index in [2.05, 4.69) is 10.0 Å². The first-order valence-electron chi connectivity index (χ1n) is 4.10. The molecule has 1 rings (SSSR count). The van der Waals surface area contributed by atoms with Gasteiger partial charge in [-0.3, -0.25) is 0 Å². The van der Waals surface area contributed by atoms with Crippen molar-refractivity contribution in [3.63, 3.8) is 0 Å². The zero-order valence-corrected chi connectivity index (χ0v) is 8.90. The van der Waals surface area contributed by atoms with Crippen LogP contribution in [0.25, 0.3) is 10.4 Å². The third kappa shape index (κ3) is 2.99. The average molecular weight is 290 g/mol. The molecule has 3 nitrogen and oxygen atoms in total. The van der Waals surface area contributed by atoms with Crippen molar-refractivity contribution >= 4 is 17.3 Å². The summed E-state index contributed by atoms with van der Waals surface area (Å²) >= 11 is 5.24. The Morgan fingerprint density at radius 3 is 2.00 bits per heavy atom. The van der Waals surface area contributed by atoms with E-state index in [9.17, 15) is 26.3 Å². The maximum absolute atomic E-state index is 12.5. The zero-order chi connectivity index (χ0) is 14.1. The summed E-state index contributed by atoms with van der Waals surface area (Å²) in [4.78, 5) is 2.12. The summed E-state index contributed by atoms with van der Waals surface area (Å²) in [5.41, 5.74) is 3.84. The number of hydrogen-bond donors (Lipinski definition) is 0. The predicted molar refractivity (Wildman–Crippen MR) is 50.3 cm³/mol. The molecule has 0 atom stereocenters. The van der Waals surface area contributed by atoms with Gasteiger partial charge in [0.1, 0.15) is 0 Å². The van der Waals surface area contributed by atoms with Crippen molar-refractivity contribution in [3.05, 3.63) is 38.7 Å². The molecule has 18 heavy (non-hydrogen) atoms. The van der Waals surface area contributed by atoms with Crippen LogP contribution in [0.2, 0.25) is 5.02 Å². The molecule has 0 aliphatic carbocycles. The number of hydrogen-bond acceptors (Lipinski definition) is 1. The van der Waals surface area contributed by atoms with E-state index in [1.54, 1.807) is 0 Å². The Labute approximate surface area is 101 Å². The van der Waals surface area contributed by atoms with E-state index in [0.717, 1.165) is 0 Å². The van der Waals surface area contributed by atoms with E-state index in [0.29, 0.717) is 0 Å². The number of rotatable bonds is 1. The first-order valence-corrected chi connectivity index (χ1v) is 4.48. The van der Waals surface area contributed by atoms with Crippen molar-refractivity contribution in [1.29, 1.82) is 0 Å². The predicted octanol–water partition coefficient (Wildman–Crippen LogP) is 5.32. The Hall–Kier alpha value is -1.60. The number of nitrogens with zero attached hydrogens (tertiary/aromatic N) is 3. The largest absolute Gasteiger partial charge is 0.417 e. The van der Waals surface area contributed by atoms with Crippen molar-refractivity contribution in [3.8, 4) is 0 Å². The maximum Gasteiger partial charge on any atom is 0.417 e. The number of benzene rings is 1. The summed E-state index contributed by atoms with van der Waals surface area (Å²) in [6.07, 6.45) is -10.1. The monoisotopic (exact) mass is 289 g/mol. The van der Waals surface area contributed by atoms with Crippen LogP contribution in [0, 0.1) is 0 Å². The molecule has 0 amide bonds. The lowest BCUT2D eigenvalue weighted by Crippen LogP contribution is -2.11. The van der Waals surface area contributed by atoms with E-state index < -0.39 is 34.2 Å². The van der Waals surface area contributed by atoms with Gasteiger partial charge in [-0.25, -0.2) is 0 Å². The highest BCUT2D eigenvalue weighted by Gasteiger charge is 2.39. The third-order valence-electron chi connectivity index (χ3n) is 1.84. The molecule has 0 heterocycles. The first-order chi connectivity index (χ1) is 8.07. The molecule has 0 aliphatic rings. The highest BCUT2D eigenvalue weighted by molar-refractivity contribution is 6.33. The standard InChI is InChI=1S/C8H2ClF6N3/c9-6-4(8(13,14)15)1-3(7(10,11)12)2-5(6)17-18-16/h1-2H. The fourth-order valence-corrected chi connectivity index (χ4v) is 1.35. The second-order valence-corrected chi connectivity index (χ2v) is 3.42. The van der Waals surface area contributed by atoms with Crippen LogP contribution in [0.4, 0.5) is 32.0 Å². The van der Waals surface area contributed by atoms with Crippen molar-refractivity contribution in [1.82, 2.24) is 0 Å². The van der Waals surface area contributed by atoms with Gasteiger partial charge in [0.15, 0.2) is 0 Å². The van der Waals surface area contributed by atoms with Crippen LogP contribution in [0.1, 0.15) is 11.1 Å². The van der Waals surface area contributed by atoms with Crippen LogP contribution in [0.5, 0.6) is 0 Å². The van der Waals surface area contributed by atoms with E-state index in [1.807, 2.05) is 0 Å². The topological polar surface area (TPSA) is 48.8 Å². The van der Waals surface area contributed by atoms with Crippen molar-refractivity contribution in [2.24, 2.45) is 5.11 Å². The Balaban J connectivity index is 3.62. The van der Waals surface area contributed by atoms with Crippen LogP contribution in [0.3, 0.4) is 0 Å². The van der Waals surface area contributed by atoms with E-state index in [-0.39, 0.29) is 12.1 Å². The molecule has 1 aromatic rings. The molecule has 0 fully saturated rings. The molecule has 0 N–H and O–H groups in total. The molecule has 0 radical (unpaired) electrons. The average Bonchev–Trinajstić information content (AvgIpc) is 2.17. The van der Waals surface area contributed by atoms with Gasteiger partial charge in [-0.05, 0) is 17.7 Å². The molecule has 98 valence electrons. The lowest BCUT2D eigenvalue weighted by Gasteiger charge is -2.14. The molecule has 0 saturated carbocycles. The summed E-state index contributed by atoms with van der Waals surface area (Å²) in [5.74, 6) is 0. The fraction of sp³-hybridized carbons (Fsp3) is 0.250. The number of alkyl halides is 6. The van der Waals surface area contributed by atoms with E-state index in [1.165, 1.54) is 0 Å². The van der Waals surface area contributed by atoms with E-state index >= 15 is 0 Å². The normalized spacial score (nSPS) is 12.2. The fourth-order valence-electron chi connectivity index (χ4n) is 1.10. The van der Waals surface area contributed by atoms with Gasteiger partial charge >= 0.3 is 12.4 Å². The Morgan fingerprint density at radius 2 is 1.61 bits per heavy atom. The van der Waals surface area contributed by atoms with Crippen molar-refractivity contribution in [2.45, 2.75) is 12.4 Å². The summed E-state index contributed by atoms with van der Waals surface area (Å²) < 4.78 is 74.4. The lowest BCUT2D eigenvalue weighted by molar-refractivity contribution is -0.142. The van der Waals surface area contributed by atoms with Gasteiger partial charge in [-0.15, -0.1) is 0 Å². The third-order valence-corrected chi connectivity index (χ3v) is 2.24. The van der Waals surface area contributed by atoms with Gasteiger partial charge in [0, 0.05) is 4.91 Å². The molecular weight excluding hydrogens is 288 g/mol. The van der Waals surface area contributed by atoms with Gasteiger partial charge in [0.05, 0.1) is 21.8 Å². The molecule has 0 bridgehead atoms. The molecule has 0 saturated heterocycles. The molecule has 1 aromatic carbocycles. The molecule has 10 heteroatoms. The minimum absolute atomic E-state index is 0.140. The van der Waals surface area contributed by atoms with Gasteiger partial charge < -0.3 is 0 Å². The molecule has 0 aliphatic heterocycles. The Kier molecular flexibility index (Phi) is 3.68. The molecule has 0 aromatic heterocycles. The maximum atomic E-state index is 12.5. The summed E-state index contributed by atoms with van der Waals surface area (Å²) in [6, 6.07) is 0.107. The van der Waals surface area contributed by atoms with Crippen molar-refractivity contribution in [2.75, 3.05) is 0 Å². The van der Waals surface area contributed by atoms with Crippen LogP contribution in [-0.2, 0) is 12.4 Å².